The maximum atomic E-state index is 12.6. The van der Waals surface area contributed by atoms with E-state index in [1.807, 2.05) is 13.8 Å². The minimum absolute atomic E-state index is 0.0588. The van der Waals surface area contributed by atoms with E-state index in [0.717, 1.165) is 37.7 Å². The number of hydrogen-bond acceptors (Lipinski definition) is 4. The van der Waals surface area contributed by atoms with Crippen molar-refractivity contribution in [3.63, 3.8) is 0 Å². The Balaban J connectivity index is 2.45. The van der Waals surface area contributed by atoms with Gasteiger partial charge in [-0.15, -0.1) is 0 Å². The van der Waals surface area contributed by atoms with Crippen molar-refractivity contribution in [2.24, 2.45) is 5.11 Å². The standard InChI is InChI=1S/C29H43N3O3/c1-20(13-9-14-22(3)19-31-32-30)11-8-12-21(2)15-10-17-29(7,35)18-16-26-25(6)27(33)23(4)24(5)28(26)34/h11,14-15,35H,8-10,12-13,16-19H2,1-7H3/b20-11+,21-15+,22-14+. The molecule has 0 bridgehead atoms. The number of carbonyl (C=O) groups excluding carboxylic acids is 2. The number of nitrogens with zero attached hydrogens (tertiary/aromatic N) is 3. The van der Waals surface area contributed by atoms with E-state index in [2.05, 4.69) is 42.1 Å². The van der Waals surface area contributed by atoms with Crippen LogP contribution in [-0.2, 0) is 9.59 Å². The number of hydrogen-bond donors (Lipinski definition) is 1. The molecule has 0 heterocycles. The number of rotatable bonds is 14. The van der Waals surface area contributed by atoms with Crippen LogP contribution < -0.4 is 0 Å². The van der Waals surface area contributed by atoms with Gasteiger partial charge in [-0.05, 0) is 105 Å². The van der Waals surface area contributed by atoms with Gasteiger partial charge in [0, 0.05) is 33.7 Å². The summed E-state index contributed by atoms with van der Waals surface area (Å²) < 4.78 is 0. The van der Waals surface area contributed by atoms with Crippen LogP contribution in [0.4, 0.5) is 0 Å². The zero-order valence-corrected chi connectivity index (χ0v) is 22.7. The zero-order chi connectivity index (χ0) is 26.6. The van der Waals surface area contributed by atoms with Gasteiger partial charge in [0.1, 0.15) is 0 Å². The lowest BCUT2D eigenvalue weighted by Gasteiger charge is -2.25. The number of carbonyl (C=O) groups is 2. The van der Waals surface area contributed by atoms with E-state index in [1.165, 1.54) is 11.1 Å². The van der Waals surface area contributed by atoms with Crippen LogP contribution in [0, 0.1) is 0 Å². The molecule has 0 aromatic rings. The molecular weight excluding hydrogens is 438 g/mol. The Morgan fingerprint density at radius 3 is 1.94 bits per heavy atom. The molecule has 1 N–H and O–H groups in total. The number of ketones is 2. The predicted molar refractivity (Wildman–Crippen MR) is 144 cm³/mol. The molecule has 1 aliphatic rings. The first-order chi connectivity index (χ1) is 16.4. The quantitative estimate of drug-likeness (QED) is 0.0899. The lowest BCUT2D eigenvalue weighted by atomic mass is 9.82. The van der Waals surface area contributed by atoms with E-state index >= 15 is 0 Å². The van der Waals surface area contributed by atoms with Crippen molar-refractivity contribution in [1.29, 1.82) is 0 Å². The summed E-state index contributed by atoms with van der Waals surface area (Å²) in [5.41, 5.74) is 13.3. The summed E-state index contributed by atoms with van der Waals surface area (Å²) >= 11 is 0. The Morgan fingerprint density at radius 1 is 0.857 bits per heavy atom. The highest BCUT2D eigenvalue weighted by molar-refractivity contribution is 6.24. The van der Waals surface area contributed by atoms with Gasteiger partial charge in [-0.1, -0.05) is 40.1 Å². The molecule has 6 nitrogen and oxygen atoms in total. The van der Waals surface area contributed by atoms with Crippen molar-refractivity contribution in [1.82, 2.24) is 0 Å². The molecule has 0 fully saturated rings. The van der Waals surface area contributed by atoms with Crippen molar-refractivity contribution >= 4 is 11.6 Å². The molecule has 0 saturated heterocycles. The van der Waals surface area contributed by atoms with Gasteiger partial charge in [0.2, 0.25) is 0 Å². The fourth-order valence-corrected chi connectivity index (χ4v) is 4.11. The highest BCUT2D eigenvalue weighted by Gasteiger charge is 2.29. The van der Waals surface area contributed by atoms with Crippen molar-refractivity contribution in [2.75, 3.05) is 6.54 Å². The smallest absolute Gasteiger partial charge is 0.185 e. The Kier molecular flexibility index (Phi) is 12.7. The molecule has 1 atom stereocenters. The molecule has 1 rings (SSSR count). The van der Waals surface area contributed by atoms with Crippen LogP contribution in [0.15, 0.2) is 62.4 Å². The average molecular weight is 482 g/mol. The van der Waals surface area contributed by atoms with Crippen molar-refractivity contribution in [3.8, 4) is 0 Å². The van der Waals surface area contributed by atoms with Gasteiger partial charge in [0.05, 0.1) is 5.60 Å². The Labute approximate surface area is 211 Å². The monoisotopic (exact) mass is 481 g/mol. The summed E-state index contributed by atoms with van der Waals surface area (Å²) in [6.45, 7) is 13.6. The predicted octanol–water partition coefficient (Wildman–Crippen LogP) is 7.81. The zero-order valence-electron chi connectivity index (χ0n) is 22.7. The van der Waals surface area contributed by atoms with Crippen molar-refractivity contribution < 1.29 is 14.7 Å². The lowest BCUT2D eigenvalue weighted by Crippen LogP contribution is -2.26. The van der Waals surface area contributed by atoms with Crippen LogP contribution in [0.1, 0.15) is 99.8 Å². The molecule has 1 unspecified atom stereocenters. The highest BCUT2D eigenvalue weighted by atomic mass is 16.3. The second kappa shape index (κ2) is 14.7. The van der Waals surface area contributed by atoms with Gasteiger partial charge in [0.15, 0.2) is 11.6 Å². The minimum atomic E-state index is -0.891. The molecule has 0 aromatic carbocycles. The van der Waals surface area contributed by atoms with E-state index in [4.69, 9.17) is 5.53 Å². The van der Waals surface area contributed by atoms with Gasteiger partial charge in [-0.3, -0.25) is 9.59 Å². The summed E-state index contributed by atoms with van der Waals surface area (Å²) in [5, 5.41) is 14.4. The first kappa shape index (κ1) is 30.3. The van der Waals surface area contributed by atoms with Crippen LogP contribution >= 0.6 is 0 Å². The molecule has 192 valence electrons. The SMILES string of the molecule is CC1=C(C)C(=O)C(CCC(C)(O)CC/C=C(\C)CC/C=C(\C)CC/C=C(\C)CN=[N+]=[N-])=C(C)C1=O. The second-order valence-corrected chi connectivity index (χ2v) is 10.2. The maximum absolute atomic E-state index is 12.6. The number of Topliss-reactive ketones (excluding diaryl/α,β-unsaturated/α-hetero) is 2. The van der Waals surface area contributed by atoms with Crippen molar-refractivity contribution in [2.45, 2.75) is 105 Å². The van der Waals surface area contributed by atoms with Crippen molar-refractivity contribution in [3.05, 3.63) is 67.7 Å². The van der Waals surface area contributed by atoms with Crippen LogP contribution in [0.5, 0.6) is 0 Å². The summed E-state index contributed by atoms with van der Waals surface area (Å²) in [6.07, 6.45) is 12.8. The van der Waals surface area contributed by atoms with Gasteiger partial charge in [-0.25, -0.2) is 0 Å². The fourth-order valence-electron chi connectivity index (χ4n) is 4.11. The topological polar surface area (TPSA) is 103 Å². The molecular formula is C29H43N3O3. The Morgan fingerprint density at radius 2 is 1.37 bits per heavy atom. The fraction of sp³-hybridized carbons (Fsp3) is 0.586. The highest BCUT2D eigenvalue weighted by Crippen LogP contribution is 2.30. The van der Waals surface area contributed by atoms with E-state index < -0.39 is 5.60 Å². The molecule has 1 aliphatic carbocycles. The summed E-state index contributed by atoms with van der Waals surface area (Å²) in [4.78, 5) is 27.7. The Hall–Kier alpha value is -2.69. The first-order valence-corrected chi connectivity index (χ1v) is 12.6. The van der Waals surface area contributed by atoms with E-state index in [9.17, 15) is 14.7 Å². The lowest BCUT2D eigenvalue weighted by molar-refractivity contribution is -0.116. The molecule has 0 saturated carbocycles. The van der Waals surface area contributed by atoms with Gasteiger partial charge in [-0.2, -0.15) is 0 Å². The molecule has 35 heavy (non-hydrogen) atoms. The van der Waals surface area contributed by atoms with Gasteiger partial charge >= 0.3 is 0 Å². The average Bonchev–Trinajstić information content (AvgIpc) is 2.80. The van der Waals surface area contributed by atoms with Crippen LogP contribution in [0.3, 0.4) is 0 Å². The number of azide groups is 1. The Bertz CT molecular complexity index is 1000. The van der Waals surface area contributed by atoms with Gasteiger partial charge < -0.3 is 5.11 Å². The third-order valence-corrected chi connectivity index (χ3v) is 6.85. The van der Waals surface area contributed by atoms with Crippen LogP contribution in [0.25, 0.3) is 10.4 Å². The molecule has 0 aromatic heterocycles. The summed E-state index contributed by atoms with van der Waals surface area (Å²) in [7, 11) is 0. The van der Waals surface area contributed by atoms with E-state index in [1.54, 1.807) is 20.8 Å². The number of allylic oxidation sites excluding steroid dienone is 9. The molecule has 0 radical (unpaired) electrons. The molecule has 0 spiro atoms. The summed E-state index contributed by atoms with van der Waals surface area (Å²) in [6, 6.07) is 0. The first-order valence-electron chi connectivity index (χ1n) is 12.6. The van der Waals surface area contributed by atoms with Gasteiger partial charge in [0.25, 0.3) is 0 Å². The largest absolute Gasteiger partial charge is 0.390 e. The molecule has 0 aliphatic heterocycles. The van der Waals surface area contributed by atoms with Crippen LogP contribution in [0.2, 0.25) is 0 Å². The van der Waals surface area contributed by atoms with Crippen LogP contribution in [-0.4, -0.2) is 28.8 Å². The number of aliphatic hydroxyl groups is 1. The second-order valence-electron chi connectivity index (χ2n) is 10.2. The third-order valence-electron chi connectivity index (χ3n) is 6.85. The summed E-state index contributed by atoms with van der Waals surface area (Å²) in [5.74, 6) is -0.120. The van der Waals surface area contributed by atoms with E-state index in [-0.39, 0.29) is 11.6 Å². The normalized spacial score (nSPS) is 17.7. The molecule has 0 amide bonds. The third kappa shape index (κ3) is 10.6. The minimum Gasteiger partial charge on any atom is -0.390 e. The van der Waals surface area contributed by atoms with E-state index in [0.29, 0.717) is 48.1 Å². The maximum Gasteiger partial charge on any atom is 0.185 e. The molecule has 6 heteroatoms.